The van der Waals surface area contributed by atoms with Crippen molar-refractivity contribution in [2.24, 2.45) is 0 Å². The molecule has 0 aromatic carbocycles. The number of ether oxygens (including phenoxy) is 1. The lowest BCUT2D eigenvalue weighted by Gasteiger charge is -2.11. The highest BCUT2D eigenvalue weighted by Crippen LogP contribution is 2.20. The van der Waals surface area contributed by atoms with E-state index in [9.17, 15) is 14.9 Å². The van der Waals surface area contributed by atoms with Crippen LogP contribution in [0.1, 0.15) is 6.92 Å². The van der Waals surface area contributed by atoms with E-state index < -0.39 is 10.7 Å². The van der Waals surface area contributed by atoms with Crippen molar-refractivity contribution in [1.82, 2.24) is 15.1 Å². The number of nitrogens with one attached hydrogen (secondary N) is 1. The second-order valence-corrected chi connectivity index (χ2v) is 4.09. The minimum Gasteiger partial charge on any atom is -0.383 e. The molecular weight excluding hydrogens is 264 g/mol. The molecule has 0 saturated heterocycles. The topological polar surface area (TPSA) is 99.3 Å². The van der Waals surface area contributed by atoms with Gasteiger partial charge in [-0.05, 0) is 11.8 Å². The molecule has 1 N–H and O–H groups in total. The first-order valence-electron chi connectivity index (χ1n) is 5.09. The van der Waals surface area contributed by atoms with Gasteiger partial charge < -0.3 is 20.2 Å². The van der Waals surface area contributed by atoms with E-state index in [1.54, 1.807) is 6.92 Å². The molecule has 0 aliphatic heterocycles. The third-order valence-corrected chi connectivity index (χ3v) is 2.27. The van der Waals surface area contributed by atoms with Crippen LogP contribution in [0, 0.1) is 10.1 Å². The quantitative estimate of drug-likeness (QED) is 0.606. The van der Waals surface area contributed by atoms with E-state index in [4.69, 9.17) is 16.3 Å². The number of nitro groups is 1. The maximum Gasteiger partial charge on any atom is 0.408 e. The van der Waals surface area contributed by atoms with E-state index in [1.165, 1.54) is 13.3 Å². The van der Waals surface area contributed by atoms with Crippen molar-refractivity contribution in [3.8, 4) is 0 Å². The molecule has 1 aromatic rings. The van der Waals surface area contributed by atoms with E-state index in [0.717, 1.165) is 4.68 Å². The van der Waals surface area contributed by atoms with Crippen LogP contribution in [0.15, 0.2) is 6.20 Å². The van der Waals surface area contributed by atoms with Crippen molar-refractivity contribution in [2.75, 3.05) is 13.7 Å². The van der Waals surface area contributed by atoms with Gasteiger partial charge in [0.25, 0.3) is 0 Å². The number of hydrogen-bond donors (Lipinski definition) is 1. The maximum atomic E-state index is 11.5. The summed E-state index contributed by atoms with van der Waals surface area (Å²) in [7, 11) is 1.53. The van der Waals surface area contributed by atoms with Gasteiger partial charge in [-0.1, -0.05) is 11.6 Å². The van der Waals surface area contributed by atoms with E-state index in [-0.39, 0.29) is 23.5 Å². The smallest absolute Gasteiger partial charge is 0.383 e. The molecule has 1 heterocycles. The Morgan fingerprint density at radius 1 is 1.78 bits per heavy atom. The normalized spacial score (nSPS) is 12.2. The molecule has 1 unspecified atom stereocenters. The third-order valence-electron chi connectivity index (χ3n) is 2.00. The fourth-order valence-corrected chi connectivity index (χ4v) is 1.57. The minimum atomic E-state index is -0.704. The van der Waals surface area contributed by atoms with Crippen molar-refractivity contribution >= 4 is 23.3 Å². The lowest BCUT2D eigenvalue weighted by molar-refractivity contribution is -0.389. The van der Waals surface area contributed by atoms with Gasteiger partial charge in [-0.25, -0.2) is 0 Å². The number of rotatable bonds is 6. The Morgan fingerprint density at radius 2 is 2.44 bits per heavy atom. The van der Waals surface area contributed by atoms with Gasteiger partial charge in [0.2, 0.25) is 5.91 Å². The number of aromatic nitrogens is 2. The number of halogens is 1. The highest BCUT2D eigenvalue weighted by Gasteiger charge is 2.20. The summed E-state index contributed by atoms with van der Waals surface area (Å²) in [4.78, 5) is 21.4. The van der Waals surface area contributed by atoms with Crippen LogP contribution in [0.3, 0.4) is 0 Å². The van der Waals surface area contributed by atoms with Crippen LogP contribution < -0.4 is 5.32 Å². The highest BCUT2D eigenvalue weighted by molar-refractivity contribution is 6.32. The predicted octanol–water partition coefficient (Wildman–Crippen LogP) is 0.596. The molecule has 0 saturated carbocycles. The number of methoxy groups -OCH3 is 1. The lowest BCUT2D eigenvalue weighted by Crippen LogP contribution is -2.37. The number of hydrogen-bond acceptors (Lipinski definition) is 5. The number of amides is 1. The molecule has 1 aromatic heterocycles. The molecule has 0 radical (unpaired) electrons. The number of carbonyl (C=O) groups is 1. The molecule has 0 bridgehead atoms. The second kappa shape index (κ2) is 6.31. The first-order valence-corrected chi connectivity index (χ1v) is 5.47. The van der Waals surface area contributed by atoms with Crippen LogP contribution in [0.25, 0.3) is 0 Å². The van der Waals surface area contributed by atoms with Crippen LogP contribution in [-0.2, 0) is 16.1 Å². The van der Waals surface area contributed by atoms with Crippen LogP contribution >= 0.6 is 11.6 Å². The SMILES string of the molecule is COCC(C)NC(=O)Cn1cc(Cl)c([N+](=O)[O-])n1. The molecule has 1 amide bonds. The van der Waals surface area contributed by atoms with Gasteiger partial charge in [-0.2, -0.15) is 4.68 Å². The Hall–Kier alpha value is -1.67. The first-order chi connectivity index (χ1) is 8.43. The van der Waals surface area contributed by atoms with Gasteiger partial charge in [0.15, 0.2) is 5.02 Å². The monoisotopic (exact) mass is 276 g/mol. The molecule has 1 rings (SSSR count). The van der Waals surface area contributed by atoms with Crippen LogP contribution in [0.5, 0.6) is 0 Å². The summed E-state index contributed by atoms with van der Waals surface area (Å²) >= 11 is 5.60. The average Bonchev–Trinajstić information content (AvgIpc) is 2.59. The molecule has 9 heteroatoms. The Bertz CT molecular complexity index is 448. The summed E-state index contributed by atoms with van der Waals surface area (Å²) in [5, 5.41) is 16.7. The van der Waals surface area contributed by atoms with E-state index in [1.807, 2.05) is 0 Å². The Labute approximate surface area is 108 Å². The zero-order valence-electron chi connectivity index (χ0n) is 9.92. The second-order valence-electron chi connectivity index (χ2n) is 3.68. The number of carbonyl (C=O) groups excluding carboxylic acids is 1. The summed E-state index contributed by atoms with van der Waals surface area (Å²) < 4.78 is 5.98. The average molecular weight is 277 g/mol. The van der Waals surface area contributed by atoms with Gasteiger partial charge in [-0.3, -0.25) is 4.79 Å². The fraction of sp³-hybridized carbons (Fsp3) is 0.556. The van der Waals surface area contributed by atoms with Crippen molar-refractivity contribution in [1.29, 1.82) is 0 Å². The first kappa shape index (κ1) is 14.4. The highest BCUT2D eigenvalue weighted by atomic mass is 35.5. The van der Waals surface area contributed by atoms with Gasteiger partial charge >= 0.3 is 5.82 Å². The molecule has 1 atom stereocenters. The van der Waals surface area contributed by atoms with E-state index in [2.05, 4.69) is 10.4 Å². The molecule has 100 valence electrons. The summed E-state index contributed by atoms with van der Waals surface area (Å²) in [5.41, 5.74) is 0. The lowest BCUT2D eigenvalue weighted by atomic mass is 10.3. The molecule has 18 heavy (non-hydrogen) atoms. The van der Waals surface area contributed by atoms with Crippen LogP contribution in [0.4, 0.5) is 5.82 Å². The molecule has 0 aliphatic carbocycles. The van der Waals surface area contributed by atoms with Crippen molar-refractivity contribution in [2.45, 2.75) is 19.5 Å². The molecule has 8 nitrogen and oxygen atoms in total. The standard InChI is InChI=1S/C9H13ClN4O4/c1-6(5-18-2)11-8(15)4-13-3-7(10)9(12-13)14(16)17/h3,6H,4-5H2,1-2H3,(H,11,15). The summed E-state index contributed by atoms with van der Waals surface area (Å²) in [6.07, 6.45) is 1.24. The van der Waals surface area contributed by atoms with Crippen molar-refractivity contribution in [3.63, 3.8) is 0 Å². The largest absolute Gasteiger partial charge is 0.408 e. The fourth-order valence-electron chi connectivity index (χ4n) is 1.35. The summed E-state index contributed by atoms with van der Waals surface area (Å²) in [6, 6.07) is -0.150. The van der Waals surface area contributed by atoms with Gasteiger partial charge in [-0.15, -0.1) is 0 Å². The zero-order chi connectivity index (χ0) is 13.7. The zero-order valence-corrected chi connectivity index (χ0v) is 10.7. The van der Waals surface area contributed by atoms with Crippen LogP contribution in [0.2, 0.25) is 5.02 Å². The Balaban J connectivity index is 2.59. The summed E-state index contributed by atoms with van der Waals surface area (Å²) in [5.74, 6) is -0.789. The molecule has 0 aliphatic rings. The van der Waals surface area contributed by atoms with Crippen molar-refractivity contribution < 1.29 is 14.5 Å². The van der Waals surface area contributed by atoms with Crippen molar-refractivity contribution in [3.05, 3.63) is 21.3 Å². The van der Waals surface area contributed by atoms with Crippen LogP contribution in [-0.4, -0.2) is 40.4 Å². The van der Waals surface area contributed by atoms with E-state index >= 15 is 0 Å². The van der Waals surface area contributed by atoms with E-state index in [0.29, 0.717) is 6.61 Å². The van der Waals surface area contributed by atoms with Gasteiger partial charge in [0, 0.05) is 13.2 Å². The molecular formula is C9H13ClN4O4. The maximum absolute atomic E-state index is 11.5. The number of nitrogens with zero attached hydrogens (tertiary/aromatic N) is 3. The minimum absolute atomic E-state index is 0.0993. The predicted molar refractivity (Wildman–Crippen MR) is 63.4 cm³/mol. The Morgan fingerprint density at radius 3 is 2.94 bits per heavy atom. The Kier molecular flexibility index (Phi) is 5.05. The third kappa shape index (κ3) is 3.97. The molecule has 0 fully saturated rings. The molecule has 0 spiro atoms. The van der Waals surface area contributed by atoms with Gasteiger partial charge in [0.05, 0.1) is 17.9 Å². The summed E-state index contributed by atoms with van der Waals surface area (Å²) in [6.45, 7) is 2.02. The van der Waals surface area contributed by atoms with Gasteiger partial charge in [0.1, 0.15) is 6.54 Å².